The lowest BCUT2D eigenvalue weighted by Crippen LogP contribution is -2.21. The van der Waals surface area contributed by atoms with Crippen molar-refractivity contribution in [3.05, 3.63) is 48.0 Å². The second-order valence-corrected chi connectivity index (χ2v) is 11.0. The molecule has 9 heteroatoms. The van der Waals surface area contributed by atoms with Crippen molar-refractivity contribution < 1.29 is 9.32 Å². The van der Waals surface area contributed by atoms with Gasteiger partial charge in [0.1, 0.15) is 5.82 Å². The molecule has 31 heavy (non-hydrogen) atoms. The lowest BCUT2D eigenvalue weighted by Gasteiger charge is -2.16. The number of hydrogen-bond donors (Lipinski definition) is 3. The van der Waals surface area contributed by atoms with Gasteiger partial charge in [0.05, 0.1) is 21.9 Å². The number of nitrogens with zero attached hydrogens (tertiary/aromatic N) is 3. The molecule has 0 bridgehead atoms. The van der Waals surface area contributed by atoms with Crippen LogP contribution in [0, 0.1) is 0 Å². The third-order valence-electron chi connectivity index (χ3n) is 4.98. The Morgan fingerprint density at radius 1 is 1.29 bits per heavy atom. The number of aliphatic hydroxyl groups excluding tert-OH is 1. The molecule has 164 valence electrons. The van der Waals surface area contributed by atoms with E-state index in [2.05, 4.69) is 25.0 Å². The van der Waals surface area contributed by atoms with Crippen molar-refractivity contribution in [3.8, 4) is 10.4 Å². The Hall–Kier alpha value is -2.49. The molecule has 2 aromatic heterocycles. The van der Waals surface area contributed by atoms with Crippen LogP contribution in [0.15, 0.2) is 57.2 Å². The molecule has 0 spiro atoms. The zero-order valence-electron chi connectivity index (χ0n) is 17.6. The Morgan fingerprint density at radius 2 is 2.06 bits per heavy atom. The van der Waals surface area contributed by atoms with Crippen LogP contribution in [0.1, 0.15) is 26.7 Å². The highest BCUT2D eigenvalue weighted by atomic mass is 32.2. The number of anilines is 3. The van der Waals surface area contributed by atoms with Gasteiger partial charge in [-0.15, -0.1) is 11.3 Å². The number of rotatable bonds is 9. The molecule has 1 fully saturated rings. The first kappa shape index (κ1) is 21.7. The van der Waals surface area contributed by atoms with Gasteiger partial charge >= 0.3 is 0 Å². The quantitative estimate of drug-likeness (QED) is 0.429. The van der Waals surface area contributed by atoms with Gasteiger partial charge in [0.25, 0.3) is 0 Å². The second-order valence-electron chi connectivity index (χ2n) is 7.52. The Labute approximate surface area is 187 Å². The van der Waals surface area contributed by atoms with E-state index in [0.29, 0.717) is 18.3 Å². The van der Waals surface area contributed by atoms with Crippen LogP contribution in [0.25, 0.3) is 10.4 Å². The molecule has 0 radical (unpaired) electrons. The van der Waals surface area contributed by atoms with Crippen molar-refractivity contribution in [1.82, 2.24) is 9.97 Å². The standard InChI is InChI=1S/C22H27N5O2S2/c1-3-24-31(29,18-10-11-18)17-8-6-16(7-9-17)26-22-23-13-19(20-5-4-12-30-20)21(27-22)25-15(2)14-28/h4-9,12-13,15,18,28H,3,10-11,14H2,1-2H3,(H2,23,25,26,27)/t15-,31?/m1/s1. The van der Waals surface area contributed by atoms with Crippen LogP contribution in [0.5, 0.6) is 0 Å². The average Bonchev–Trinajstić information content (AvgIpc) is 3.50. The van der Waals surface area contributed by atoms with E-state index in [1.54, 1.807) is 17.5 Å². The van der Waals surface area contributed by atoms with E-state index in [-0.39, 0.29) is 17.9 Å². The summed E-state index contributed by atoms with van der Waals surface area (Å²) in [6.07, 6.45) is 3.74. The Morgan fingerprint density at radius 3 is 2.68 bits per heavy atom. The van der Waals surface area contributed by atoms with Crippen molar-refractivity contribution in [3.63, 3.8) is 0 Å². The van der Waals surface area contributed by atoms with Gasteiger partial charge in [0.15, 0.2) is 0 Å². The van der Waals surface area contributed by atoms with Gasteiger partial charge in [-0.05, 0) is 62.4 Å². The van der Waals surface area contributed by atoms with Gasteiger partial charge in [-0.1, -0.05) is 6.07 Å². The lowest BCUT2D eigenvalue weighted by molar-refractivity contribution is 0.281. The molecule has 1 aliphatic carbocycles. The van der Waals surface area contributed by atoms with Crippen molar-refractivity contribution in [2.75, 3.05) is 23.8 Å². The molecule has 2 heterocycles. The fraction of sp³-hybridized carbons (Fsp3) is 0.364. The van der Waals surface area contributed by atoms with Crippen molar-refractivity contribution in [1.29, 1.82) is 0 Å². The first-order chi connectivity index (χ1) is 15.0. The molecule has 1 aliphatic rings. The first-order valence-electron chi connectivity index (χ1n) is 10.4. The molecular formula is C22H27N5O2S2. The second kappa shape index (κ2) is 9.33. The molecule has 0 saturated heterocycles. The van der Waals surface area contributed by atoms with Gasteiger partial charge in [0.2, 0.25) is 5.95 Å². The molecule has 3 aromatic rings. The summed E-state index contributed by atoms with van der Waals surface area (Å²) in [6.45, 7) is 4.38. The maximum Gasteiger partial charge on any atom is 0.229 e. The summed E-state index contributed by atoms with van der Waals surface area (Å²) in [5.41, 5.74) is 1.70. The topological polar surface area (TPSA) is 99.5 Å². The summed E-state index contributed by atoms with van der Waals surface area (Å²) in [5.74, 6) is 1.11. The van der Waals surface area contributed by atoms with Gasteiger partial charge in [-0.2, -0.15) is 4.98 Å². The van der Waals surface area contributed by atoms with Crippen LogP contribution in [0.2, 0.25) is 0 Å². The predicted octanol–water partition coefficient (Wildman–Crippen LogP) is 4.75. The molecule has 1 aromatic carbocycles. The Bertz CT molecular complexity index is 1140. The fourth-order valence-corrected chi connectivity index (χ4v) is 6.42. The van der Waals surface area contributed by atoms with E-state index in [4.69, 9.17) is 0 Å². The van der Waals surface area contributed by atoms with Crippen LogP contribution in [0.4, 0.5) is 17.5 Å². The molecule has 0 aliphatic heterocycles. The van der Waals surface area contributed by atoms with Crippen LogP contribution in [-0.2, 0) is 9.73 Å². The number of nitrogens with one attached hydrogen (secondary N) is 2. The molecule has 7 nitrogen and oxygen atoms in total. The normalized spacial score (nSPS) is 16.4. The molecule has 1 unspecified atom stereocenters. The molecule has 3 N–H and O–H groups in total. The Balaban J connectivity index is 1.58. The van der Waals surface area contributed by atoms with Crippen LogP contribution in [0.3, 0.4) is 0 Å². The number of benzene rings is 1. The summed E-state index contributed by atoms with van der Waals surface area (Å²) in [5, 5.41) is 18.1. The summed E-state index contributed by atoms with van der Waals surface area (Å²) in [4.78, 5) is 10.9. The minimum atomic E-state index is -2.33. The molecule has 2 atom stereocenters. The summed E-state index contributed by atoms with van der Waals surface area (Å²) in [6, 6.07) is 11.4. The number of thiophene rings is 1. The smallest absolute Gasteiger partial charge is 0.229 e. The zero-order valence-corrected chi connectivity index (χ0v) is 19.2. The van der Waals surface area contributed by atoms with Crippen molar-refractivity contribution >= 4 is 38.5 Å². The maximum atomic E-state index is 13.3. The maximum absolute atomic E-state index is 13.3. The van der Waals surface area contributed by atoms with E-state index in [1.165, 1.54) is 0 Å². The molecule has 4 rings (SSSR count). The molecule has 0 amide bonds. The molecular weight excluding hydrogens is 430 g/mol. The summed E-state index contributed by atoms with van der Waals surface area (Å²) >= 11 is 1.61. The van der Waals surface area contributed by atoms with Gasteiger partial charge < -0.3 is 15.7 Å². The highest BCUT2D eigenvalue weighted by Gasteiger charge is 2.34. The van der Waals surface area contributed by atoms with Gasteiger partial charge in [-0.25, -0.2) is 13.6 Å². The predicted molar refractivity (Wildman–Crippen MR) is 128 cm³/mol. The zero-order chi connectivity index (χ0) is 21.8. The lowest BCUT2D eigenvalue weighted by atomic mass is 10.2. The van der Waals surface area contributed by atoms with Crippen molar-refractivity contribution in [2.45, 2.75) is 42.9 Å². The summed E-state index contributed by atoms with van der Waals surface area (Å²) < 4.78 is 17.7. The highest BCUT2D eigenvalue weighted by molar-refractivity contribution is 7.94. The van der Waals surface area contributed by atoms with E-state index >= 15 is 0 Å². The monoisotopic (exact) mass is 457 g/mol. The Kier molecular flexibility index (Phi) is 6.54. The third kappa shape index (κ3) is 4.89. The van der Waals surface area contributed by atoms with Crippen LogP contribution >= 0.6 is 11.3 Å². The minimum Gasteiger partial charge on any atom is -0.394 e. The van der Waals surface area contributed by atoms with E-state index < -0.39 is 9.73 Å². The van der Waals surface area contributed by atoms with Crippen molar-refractivity contribution in [2.24, 2.45) is 4.36 Å². The minimum absolute atomic E-state index is 0.00118. The fourth-order valence-electron chi connectivity index (χ4n) is 3.26. The average molecular weight is 458 g/mol. The number of aromatic nitrogens is 2. The van der Waals surface area contributed by atoms with E-state index in [1.807, 2.05) is 55.6 Å². The summed E-state index contributed by atoms with van der Waals surface area (Å²) in [7, 11) is -2.33. The number of hydrogen-bond acceptors (Lipinski definition) is 8. The van der Waals surface area contributed by atoms with Gasteiger partial charge in [0, 0.05) is 39.5 Å². The van der Waals surface area contributed by atoms with E-state index in [0.717, 1.165) is 33.9 Å². The van der Waals surface area contributed by atoms with Crippen LogP contribution in [-0.4, -0.2) is 43.7 Å². The molecule has 1 saturated carbocycles. The van der Waals surface area contributed by atoms with Gasteiger partial charge in [-0.3, -0.25) is 0 Å². The van der Waals surface area contributed by atoms with Crippen LogP contribution < -0.4 is 10.6 Å². The third-order valence-corrected chi connectivity index (χ3v) is 8.85. The SMILES string of the molecule is CCN=S(=O)(c1ccc(Nc2ncc(-c3cccs3)c(N[C@H](C)CO)n2)cc1)C1CC1. The first-order valence-corrected chi connectivity index (χ1v) is 12.9. The van der Waals surface area contributed by atoms with E-state index in [9.17, 15) is 9.32 Å². The largest absolute Gasteiger partial charge is 0.394 e. The highest BCUT2D eigenvalue weighted by Crippen LogP contribution is 2.36. The number of aliphatic hydroxyl groups is 1.